The smallest absolute Gasteiger partial charge is 0.270 e. The zero-order valence-electron chi connectivity index (χ0n) is 17.8. The lowest BCUT2D eigenvalue weighted by Crippen LogP contribution is -2.52. The Kier molecular flexibility index (Phi) is 6.67. The summed E-state index contributed by atoms with van der Waals surface area (Å²) in [6, 6.07) is 16.2. The second-order valence-electron chi connectivity index (χ2n) is 7.10. The standard InChI is InChI=1S/C22H23N5O.C2H6/c1-26-20(12-16-7-8-19(25-21(16)26)17(13-23)14-24)22(28)27-10-9-18(27)11-15-5-3-2-4-6-15;1-2/h2-8,12-14,18,23H,9-11,24H2,1H3;1-2H3/b17-14+,23-13?;. The number of amides is 1. The van der Waals surface area contributed by atoms with Crippen molar-refractivity contribution in [3.63, 3.8) is 0 Å². The van der Waals surface area contributed by atoms with E-state index in [2.05, 4.69) is 17.1 Å². The molecule has 0 spiro atoms. The summed E-state index contributed by atoms with van der Waals surface area (Å²) >= 11 is 0. The maximum absolute atomic E-state index is 13.2. The number of likely N-dealkylation sites (tertiary alicyclic amines) is 1. The van der Waals surface area contributed by atoms with Gasteiger partial charge in [-0.15, -0.1) is 0 Å². The number of fused-ring (bicyclic) bond motifs is 1. The van der Waals surface area contributed by atoms with E-state index in [4.69, 9.17) is 11.1 Å². The molecule has 1 aromatic carbocycles. The lowest BCUT2D eigenvalue weighted by molar-refractivity contribution is 0.0455. The van der Waals surface area contributed by atoms with Crippen LogP contribution in [-0.4, -0.2) is 39.2 Å². The molecule has 0 saturated carbocycles. The fourth-order valence-electron chi connectivity index (χ4n) is 3.73. The predicted molar refractivity (Wildman–Crippen MR) is 123 cm³/mol. The van der Waals surface area contributed by atoms with Crippen LogP contribution >= 0.6 is 0 Å². The lowest BCUT2D eigenvalue weighted by Gasteiger charge is -2.41. The summed E-state index contributed by atoms with van der Waals surface area (Å²) in [5, 5.41) is 8.35. The van der Waals surface area contributed by atoms with Crippen LogP contribution in [0.25, 0.3) is 16.6 Å². The first-order valence-corrected chi connectivity index (χ1v) is 10.4. The number of benzene rings is 1. The van der Waals surface area contributed by atoms with Crippen molar-refractivity contribution in [3.8, 4) is 0 Å². The van der Waals surface area contributed by atoms with Crippen molar-refractivity contribution in [2.45, 2.75) is 32.7 Å². The first-order chi connectivity index (χ1) is 14.6. The summed E-state index contributed by atoms with van der Waals surface area (Å²) in [7, 11) is 1.86. The van der Waals surface area contributed by atoms with Crippen molar-refractivity contribution in [1.29, 1.82) is 5.41 Å². The molecule has 4 rings (SSSR count). The fraction of sp³-hybridized carbons (Fsp3) is 0.292. The maximum atomic E-state index is 13.2. The molecule has 30 heavy (non-hydrogen) atoms. The first kappa shape index (κ1) is 21.3. The maximum Gasteiger partial charge on any atom is 0.270 e. The minimum absolute atomic E-state index is 0.0378. The van der Waals surface area contributed by atoms with Gasteiger partial charge in [0.2, 0.25) is 0 Å². The van der Waals surface area contributed by atoms with Crippen LogP contribution in [0.1, 0.15) is 42.0 Å². The zero-order chi connectivity index (χ0) is 21.7. The van der Waals surface area contributed by atoms with Gasteiger partial charge < -0.3 is 20.6 Å². The monoisotopic (exact) mass is 403 g/mol. The van der Waals surface area contributed by atoms with Gasteiger partial charge in [-0.1, -0.05) is 44.2 Å². The van der Waals surface area contributed by atoms with Crippen molar-refractivity contribution in [2.75, 3.05) is 6.54 Å². The summed E-state index contributed by atoms with van der Waals surface area (Å²) < 4.78 is 1.83. The Balaban J connectivity index is 0.00000124. The van der Waals surface area contributed by atoms with Gasteiger partial charge in [0.15, 0.2) is 0 Å². The van der Waals surface area contributed by atoms with Crippen LogP contribution in [-0.2, 0) is 13.5 Å². The molecule has 0 bridgehead atoms. The van der Waals surface area contributed by atoms with E-state index >= 15 is 0 Å². The van der Waals surface area contributed by atoms with Crippen LogP contribution in [0.3, 0.4) is 0 Å². The van der Waals surface area contributed by atoms with E-state index in [1.54, 1.807) is 0 Å². The molecule has 1 atom stereocenters. The molecule has 1 unspecified atom stereocenters. The number of allylic oxidation sites excluding steroid dienone is 1. The Morgan fingerprint density at radius 1 is 1.23 bits per heavy atom. The Labute approximate surface area is 177 Å². The zero-order valence-corrected chi connectivity index (χ0v) is 17.8. The summed E-state index contributed by atoms with van der Waals surface area (Å²) in [4.78, 5) is 19.7. The summed E-state index contributed by atoms with van der Waals surface area (Å²) in [6.07, 6.45) is 4.45. The molecule has 3 heterocycles. The molecule has 3 aromatic rings. The number of pyridine rings is 1. The SMILES string of the molecule is CC.Cn1c(C(=O)N2CCC2Cc2ccccc2)cc2ccc(/C(C=N)=C/N)nc21. The Morgan fingerprint density at radius 2 is 1.97 bits per heavy atom. The molecular weight excluding hydrogens is 374 g/mol. The number of nitrogens with one attached hydrogen (secondary N) is 1. The molecule has 2 aromatic heterocycles. The number of hydrogen-bond donors (Lipinski definition) is 2. The van der Waals surface area contributed by atoms with Crippen LogP contribution in [0.4, 0.5) is 0 Å². The van der Waals surface area contributed by atoms with Gasteiger partial charge in [0.1, 0.15) is 11.3 Å². The van der Waals surface area contributed by atoms with E-state index in [1.807, 2.05) is 66.8 Å². The molecular formula is C24H29N5O. The van der Waals surface area contributed by atoms with Gasteiger partial charge in [-0.2, -0.15) is 0 Å². The third-order valence-electron chi connectivity index (χ3n) is 5.45. The van der Waals surface area contributed by atoms with E-state index in [9.17, 15) is 4.79 Å². The average Bonchev–Trinajstić information content (AvgIpc) is 3.10. The Morgan fingerprint density at radius 3 is 2.57 bits per heavy atom. The minimum Gasteiger partial charge on any atom is -0.404 e. The molecule has 1 amide bonds. The molecule has 0 aliphatic carbocycles. The van der Waals surface area contributed by atoms with Crippen LogP contribution < -0.4 is 5.73 Å². The van der Waals surface area contributed by atoms with Gasteiger partial charge in [-0.3, -0.25) is 4.79 Å². The van der Waals surface area contributed by atoms with Crippen LogP contribution in [0.15, 0.2) is 54.7 Å². The molecule has 1 aliphatic rings. The number of nitrogens with two attached hydrogens (primary N) is 1. The van der Waals surface area contributed by atoms with Crippen molar-refractivity contribution < 1.29 is 4.79 Å². The number of rotatable bonds is 5. The molecule has 1 saturated heterocycles. The van der Waals surface area contributed by atoms with Gasteiger partial charge in [-0.05, 0) is 36.6 Å². The van der Waals surface area contributed by atoms with Gasteiger partial charge in [-0.25, -0.2) is 4.98 Å². The predicted octanol–water partition coefficient (Wildman–Crippen LogP) is 4.01. The number of nitrogens with zero attached hydrogens (tertiary/aromatic N) is 3. The molecule has 6 heteroatoms. The lowest BCUT2D eigenvalue weighted by atomic mass is 9.95. The second-order valence-corrected chi connectivity index (χ2v) is 7.10. The Hall–Kier alpha value is -3.41. The number of aromatic nitrogens is 2. The third kappa shape index (κ3) is 3.99. The third-order valence-corrected chi connectivity index (χ3v) is 5.45. The van der Waals surface area contributed by atoms with E-state index in [1.165, 1.54) is 18.0 Å². The molecule has 6 nitrogen and oxygen atoms in total. The number of carbonyl (C=O) groups excluding carboxylic acids is 1. The topological polar surface area (TPSA) is 88.0 Å². The highest BCUT2D eigenvalue weighted by molar-refractivity contribution is 6.08. The summed E-state index contributed by atoms with van der Waals surface area (Å²) in [5.41, 5.74) is 9.33. The Bertz CT molecular complexity index is 1070. The van der Waals surface area contributed by atoms with Crippen molar-refractivity contribution in [1.82, 2.24) is 14.5 Å². The highest BCUT2D eigenvalue weighted by Crippen LogP contribution is 2.27. The van der Waals surface area contributed by atoms with E-state index in [0.29, 0.717) is 22.6 Å². The average molecular weight is 404 g/mol. The quantitative estimate of drug-likeness (QED) is 0.631. The minimum atomic E-state index is 0.0378. The van der Waals surface area contributed by atoms with Crippen molar-refractivity contribution in [3.05, 3.63) is 71.7 Å². The first-order valence-electron chi connectivity index (χ1n) is 10.4. The van der Waals surface area contributed by atoms with Crippen LogP contribution in [0.2, 0.25) is 0 Å². The van der Waals surface area contributed by atoms with Crippen LogP contribution in [0.5, 0.6) is 0 Å². The molecule has 1 aliphatic heterocycles. The highest BCUT2D eigenvalue weighted by Gasteiger charge is 2.34. The fourth-order valence-corrected chi connectivity index (χ4v) is 3.73. The number of aryl methyl sites for hydroxylation is 1. The largest absolute Gasteiger partial charge is 0.404 e. The number of carbonyl (C=O) groups is 1. The number of hydrogen-bond acceptors (Lipinski definition) is 4. The normalized spacial score (nSPS) is 15.9. The second kappa shape index (κ2) is 9.39. The molecule has 1 fully saturated rings. The molecule has 3 N–H and O–H groups in total. The van der Waals surface area contributed by atoms with Gasteiger partial charge in [0.05, 0.1) is 5.69 Å². The van der Waals surface area contributed by atoms with Gasteiger partial charge >= 0.3 is 0 Å². The van der Waals surface area contributed by atoms with E-state index in [0.717, 1.165) is 24.8 Å². The van der Waals surface area contributed by atoms with Gasteiger partial charge in [0, 0.05) is 43.0 Å². The van der Waals surface area contributed by atoms with Crippen molar-refractivity contribution in [2.24, 2.45) is 12.8 Å². The van der Waals surface area contributed by atoms with Crippen LogP contribution in [0, 0.1) is 5.41 Å². The summed E-state index contributed by atoms with van der Waals surface area (Å²) in [5.74, 6) is 0.0378. The molecule has 156 valence electrons. The summed E-state index contributed by atoms with van der Waals surface area (Å²) in [6.45, 7) is 4.78. The van der Waals surface area contributed by atoms with E-state index in [-0.39, 0.29) is 11.9 Å². The molecule has 0 radical (unpaired) electrons. The van der Waals surface area contributed by atoms with Crippen molar-refractivity contribution >= 4 is 28.7 Å². The highest BCUT2D eigenvalue weighted by atomic mass is 16.2. The van der Waals surface area contributed by atoms with Gasteiger partial charge in [0.25, 0.3) is 5.91 Å². The van der Waals surface area contributed by atoms with E-state index < -0.39 is 0 Å².